The molecule has 4 nitrogen and oxygen atoms in total. The fourth-order valence-corrected chi connectivity index (χ4v) is 2.38. The molecule has 0 spiro atoms. The predicted molar refractivity (Wildman–Crippen MR) is 76.7 cm³/mol. The van der Waals surface area contributed by atoms with Crippen LogP contribution in [0.5, 0.6) is 0 Å². The third kappa shape index (κ3) is 7.31. The summed E-state index contributed by atoms with van der Waals surface area (Å²) in [5.74, 6) is 0. The van der Waals surface area contributed by atoms with Gasteiger partial charge in [0.1, 0.15) is 0 Å². The molecule has 0 aromatic carbocycles. The Labute approximate surface area is 112 Å². The molecular weight excluding hydrogens is 226 g/mol. The highest BCUT2D eigenvalue weighted by atomic mass is 16.3. The monoisotopic (exact) mass is 257 g/mol. The highest BCUT2D eigenvalue weighted by molar-refractivity contribution is 4.73. The van der Waals surface area contributed by atoms with E-state index in [9.17, 15) is 5.11 Å². The van der Waals surface area contributed by atoms with Crippen molar-refractivity contribution in [1.82, 2.24) is 9.80 Å². The summed E-state index contributed by atoms with van der Waals surface area (Å²) in [6.45, 7) is 11.5. The Morgan fingerprint density at radius 3 is 2.17 bits per heavy atom. The molecule has 0 atom stereocenters. The number of aliphatic hydroxyl groups is 1. The third-order valence-corrected chi connectivity index (χ3v) is 3.65. The molecule has 3 N–H and O–H groups in total. The second-order valence-electron chi connectivity index (χ2n) is 6.10. The molecule has 18 heavy (non-hydrogen) atoms. The molecule has 0 amide bonds. The minimum atomic E-state index is -0.535. The predicted octanol–water partition coefficient (Wildman–Crippen LogP) is 0.894. The lowest BCUT2D eigenvalue weighted by molar-refractivity contribution is 0.0581. The second kappa shape index (κ2) is 8.10. The summed E-state index contributed by atoms with van der Waals surface area (Å²) in [6.07, 6.45) is 4.47. The first-order valence-electron chi connectivity index (χ1n) is 7.38. The van der Waals surface area contributed by atoms with Crippen molar-refractivity contribution in [3.05, 3.63) is 0 Å². The molecule has 1 aliphatic heterocycles. The fraction of sp³-hybridized carbons (Fsp3) is 1.00. The highest BCUT2D eigenvalue weighted by Gasteiger charge is 2.18. The van der Waals surface area contributed by atoms with Gasteiger partial charge in [0.05, 0.1) is 5.60 Å². The van der Waals surface area contributed by atoms with Crippen molar-refractivity contribution in [1.29, 1.82) is 0 Å². The van der Waals surface area contributed by atoms with E-state index in [1.165, 1.54) is 32.5 Å². The highest BCUT2D eigenvalue weighted by Crippen LogP contribution is 2.11. The number of hydrogen-bond acceptors (Lipinski definition) is 4. The summed E-state index contributed by atoms with van der Waals surface area (Å²) < 4.78 is 0. The average molecular weight is 257 g/mol. The lowest BCUT2D eigenvalue weighted by Crippen LogP contribution is -2.34. The molecule has 1 heterocycles. The maximum atomic E-state index is 9.76. The Bertz CT molecular complexity index is 216. The van der Waals surface area contributed by atoms with Gasteiger partial charge in [-0.3, -0.25) is 0 Å². The van der Waals surface area contributed by atoms with Crippen LogP contribution in [-0.2, 0) is 0 Å². The van der Waals surface area contributed by atoms with Crippen LogP contribution in [0.3, 0.4) is 0 Å². The van der Waals surface area contributed by atoms with Gasteiger partial charge in [0.25, 0.3) is 0 Å². The van der Waals surface area contributed by atoms with Gasteiger partial charge in [-0.05, 0) is 65.7 Å². The molecular formula is C14H31N3O. The minimum absolute atomic E-state index is 0.535. The molecule has 0 aromatic heterocycles. The molecule has 0 aromatic rings. The Morgan fingerprint density at radius 1 is 1.00 bits per heavy atom. The summed E-state index contributed by atoms with van der Waals surface area (Å²) in [5, 5.41) is 9.76. The number of unbranched alkanes of at least 4 members (excludes halogenated alkanes) is 1. The molecule has 0 unspecified atom stereocenters. The summed E-state index contributed by atoms with van der Waals surface area (Å²) in [5.41, 5.74) is 4.99. The van der Waals surface area contributed by atoms with Crippen molar-refractivity contribution in [2.45, 2.75) is 45.1 Å². The Morgan fingerprint density at radius 2 is 1.61 bits per heavy atom. The first-order chi connectivity index (χ1) is 8.51. The quantitative estimate of drug-likeness (QED) is 0.665. The van der Waals surface area contributed by atoms with Crippen LogP contribution in [0.2, 0.25) is 0 Å². The van der Waals surface area contributed by atoms with Gasteiger partial charge >= 0.3 is 0 Å². The van der Waals surface area contributed by atoms with Crippen LogP contribution >= 0.6 is 0 Å². The molecule has 0 saturated carbocycles. The van der Waals surface area contributed by atoms with Crippen molar-refractivity contribution >= 4 is 0 Å². The number of nitrogens with zero attached hydrogens (tertiary/aromatic N) is 2. The molecule has 1 rings (SSSR count). The molecule has 4 heteroatoms. The lowest BCUT2D eigenvalue weighted by Gasteiger charge is -2.25. The zero-order valence-corrected chi connectivity index (χ0v) is 12.2. The average Bonchev–Trinajstić information content (AvgIpc) is 2.51. The van der Waals surface area contributed by atoms with Gasteiger partial charge in [0.2, 0.25) is 0 Å². The van der Waals surface area contributed by atoms with Crippen molar-refractivity contribution in [3.63, 3.8) is 0 Å². The van der Waals surface area contributed by atoms with Crippen LogP contribution in [0.4, 0.5) is 0 Å². The van der Waals surface area contributed by atoms with Crippen molar-refractivity contribution < 1.29 is 5.11 Å². The second-order valence-corrected chi connectivity index (χ2v) is 6.10. The SMILES string of the molecule is CC(C)(O)CCN1CCCN(CCCCN)CC1. The first kappa shape index (κ1) is 15.9. The maximum absolute atomic E-state index is 9.76. The first-order valence-corrected chi connectivity index (χ1v) is 7.38. The molecule has 0 aliphatic carbocycles. The van der Waals surface area contributed by atoms with E-state index in [-0.39, 0.29) is 0 Å². The Kier molecular flexibility index (Phi) is 7.15. The van der Waals surface area contributed by atoms with Gasteiger partial charge in [0, 0.05) is 19.6 Å². The van der Waals surface area contributed by atoms with Crippen LogP contribution in [-0.4, -0.2) is 66.3 Å². The maximum Gasteiger partial charge on any atom is 0.0603 e. The van der Waals surface area contributed by atoms with Crippen LogP contribution in [0.1, 0.15) is 39.5 Å². The lowest BCUT2D eigenvalue weighted by atomic mass is 10.1. The van der Waals surface area contributed by atoms with Crippen LogP contribution in [0.15, 0.2) is 0 Å². The minimum Gasteiger partial charge on any atom is -0.390 e. The zero-order chi connectivity index (χ0) is 13.4. The van der Waals surface area contributed by atoms with E-state index in [2.05, 4.69) is 9.80 Å². The Hall–Kier alpha value is -0.160. The standard InChI is InChI=1S/C14H31N3O/c1-14(2,18)6-11-17-10-5-9-16(12-13-17)8-4-3-7-15/h18H,3-13,15H2,1-2H3. The summed E-state index contributed by atoms with van der Waals surface area (Å²) in [7, 11) is 0. The normalized spacial score (nSPS) is 20.0. The van der Waals surface area contributed by atoms with Crippen LogP contribution in [0.25, 0.3) is 0 Å². The van der Waals surface area contributed by atoms with E-state index in [0.717, 1.165) is 39.0 Å². The van der Waals surface area contributed by atoms with E-state index < -0.39 is 5.60 Å². The van der Waals surface area contributed by atoms with Gasteiger partial charge in [-0.15, -0.1) is 0 Å². The number of rotatable bonds is 7. The van der Waals surface area contributed by atoms with Crippen molar-refractivity contribution in [2.75, 3.05) is 45.8 Å². The molecule has 108 valence electrons. The van der Waals surface area contributed by atoms with Gasteiger partial charge in [0.15, 0.2) is 0 Å². The summed E-state index contributed by atoms with van der Waals surface area (Å²) >= 11 is 0. The van der Waals surface area contributed by atoms with Crippen molar-refractivity contribution in [3.8, 4) is 0 Å². The third-order valence-electron chi connectivity index (χ3n) is 3.65. The van der Waals surface area contributed by atoms with Crippen molar-refractivity contribution in [2.24, 2.45) is 5.73 Å². The van der Waals surface area contributed by atoms with Gasteiger partial charge < -0.3 is 20.6 Å². The van der Waals surface area contributed by atoms with E-state index in [0.29, 0.717) is 0 Å². The van der Waals surface area contributed by atoms with E-state index in [4.69, 9.17) is 5.73 Å². The molecule has 1 aliphatic rings. The number of nitrogens with two attached hydrogens (primary N) is 1. The fourth-order valence-electron chi connectivity index (χ4n) is 2.38. The van der Waals surface area contributed by atoms with E-state index >= 15 is 0 Å². The number of hydrogen-bond donors (Lipinski definition) is 2. The van der Waals surface area contributed by atoms with E-state index in [1.54, 1.807) is 0 Å². The Balaban J connectivity index is 2.19. The topological polar surface area (TPSA) is 52.7 Å². The van der Waals surface area contributed by atoms with Gasteiger partial charge in [-0.2, -0.15) is 0 Å². The van der Waals surface area contributed by atoms with E-state index in [1.807, 2.05) is 13.8 Å². The van der Waals surface area contributed by atoms with Crippen LogP contribution < -0.4 is 5.73 Å². The molecule has 0 radical (unpaired) electrons. The molecule has 1 fully saturated rings. The van der Waals surface area contributed by atoms with Gasteiger partial charge in [-0.1, -0.05) is 0 Å². The molecule has 1 saturated heterocycles. The smallest absolute Gasteiger partial charge is 0.0603 e. The van der Waals surface area contributed by atoms with Gasteiger partial charge in [-0.25, -0.2) is 0 Å². The van der Waals surface area contributed by atoms with Crippen LogP contribution in [0, 0.1) is 0 Å². The zero-order valence-electron chi connectivity index (χ0n) is 12.2. The molecule has 0 bridgehead atoms. The summed E-state index contributed by atoms with van der Waals surface area (Å²) in [4.78, 5) is 5.04. The largest absolute Gasteiger partial charge is 0.390 e. The summed E-state index contributed by atoms with van der Waals surface area (Å²) in [6, 6.07) is 0.